The summed E-state index contributed by atoms with van der Waals surface area (Å²) < 4.78 is 25.0. The van der Waals surface area contributed by atoms with Gasteiger partial charge < -0.3 is 28.5 Å². The largest absolute Gasteiger partial charge is 0.466 e. The Morgan fingerprint density at radius 3 is 1.43 bits per heavy atom. The van der Waals surface area contributed by atoms with E-state index in [4.69, 9.17) is 9.16 Å². The Morgan fingerprint density at radius 2 is 1.04 bits per heavy atom. The molecule has 0 radical (unpaired) electrons. The van der Waals surface area contributed by atoms with Gasteiger partial charge >= 0.3 is 23.9 Å². The molecule has 0 aliphatic heterocycles. The molecular formula is C38H66O10Si. The SMILES string of the molecule is CCCCCCC[C@@H](/C=C/C(=C/C(=O)OC)C(=O)OC)O[Si](C)(C)C(C)(C)C.CCCCCCC[C@H](O)/C=C/C(=C/C(=O)OC)C(=O)OC. The standard InChI is InChI=1S/C22H40O5Si.C16H26O5/c1-9-10-11-12-13-14-19(27-28(7,8)22(2,3)4)16-15-18(21(24)26-6)17-20(23)25-5;1-4-5-6-7-8-9-14(17)11-10-13(16(19)21-3)12-15(18)20-2/h15-17,19H,9-14H2,1-8H3;10-12,14,17H,4-9H2,1-3H3/b16-15+,18-17-;11-10+,13-12-/t19-;14-/m00/s1. The van der Waals surface area contributed by atoms with E-state index in [1.165, 1.54) is 85.5 Å². The number of ether oxygens (including phenoxy) is 4. The van der Waals surface area contributed by atoms with E-state index in [0.29, 0.717) is 6.42 Å². The van der Waals surface area contributed by atoms with Crippen LogP contribution < -0.4 is 0 Å². The second kappa shape index (κ2) is 27.8. The molecule has 0 saturated carbocycles. The highest BCUT2D eigenvalue weighted by Gasteiger charge is 2.38. The van der Waals surface area contributed by atoms with Gasteiger partial charge in [-0.15, -0.1) is 0 Å². The molecule has 0 amide bonds. The second-order valence-corrected chi connectivity index (χ2v) is 18.1. The van der Waals surface area contributed by atoms with E-state index < -0.39 is 38.3 Å². The highest BCUT2D eigenvalue weighted by molar-refractivity contribution is 6.74. The summed E-state index contributed by atoms with van der Waals surface area (Å²) in [5.74, 6) is -2.46. The molecule has 0 heterocycles. The highest BCUT2D eigenvalue weighted by Crippen LogP contribution is 2.38. The fourth-order valence-corrected chi connectivity index (χ4v) is 5.44. The maximum atomic E-state index is 12.0. The maximum absolute atomic E-state index is 12.0. The predicted molar refractivity (Wildman–Crippen MR) is 197 cm³/mol. The first kappa shape index (κ1) is 48.1. The normalized spacial score (nSPS) is 13.8. The van der Waals surface area contributed by atoms with Crippen molar-refractivity contribution in [2.24, 2.45) is 0 Å². The summed E-state index contributed by atoms with van der Waals surface area (Å²) in [6.45, 7) is 15.4. The summed E-state index contributed by atoms with van der Waals surface area (Å²) in [7, 11) is 3.05. The van der Waals surface area contributed by atoms with Crippen molar-refractivity contribution in [1.82, 2.24) is 0 Å². The quantitative estimate of drug-likeness (QED) is 0.0293. The third-order valence-electron chi connectivity index (χ3n) is 8.23. The van der Waals surface area contributed by atoms with Crippen LogP contribution in [0.25, 0.3) is 0 Å². The van der Waals surface area contributed by atoms with Gasteiger partial charge in [0, 0.05) is 12.2 Å². The van der Waals surface area contributed by atoms with Gasteiger partial charge in [0.25, 0.3) is 0 Å². The Labute approximate surface area is 297 Å². The molecule has 0 unspecified atom stereocenters. The van der Waals surface area contributed by atoms with Crippen LogP contribution in [0.3, 0.4) is 0 Å². The van der Waals surface area contributed by atoms with Crippen molar-refractivity contribution >= 4 is 32.2 Å². The number of esters is 4. The van der Waals surface area contributed by atoms with Gasteiger partial charge in [-0.1, -0.05) is 111 Å². The minimum absolute atomic E-state index is 0.0504. The Bertz CT molecular complexity index is 1080. The molecule has 0 saturated heterocycles. The molecule has 0 fully saturated rings. The minimum Gasteiger partial charge on any atom is -0.466 e. The van der Waals surface area contributed by atoms with Gasteiger partial charge in [0.2, 0.25) is 0 Å². The number of unbranched alkanes of at least 4 members (excludes halogenated alkanes) is 8. The van der Waals surface area contributed by atoms with Crippen LogP contribution in [0.15, 0.2) is 47.6 Å². The lowest BCUT2D eigenvalue weighted by Gasteiger charge is -2.38. The Balaban J connectivity index is 0. The molecule has 2 atom stereocenters. The lowest BCUT2D eigenvalue weighted by atomic mass is 10.1. The van der Waals surface area contributed by atoms with Gasteiger partial charge in [0.15, 0.2) is 8.32 Å². The number of carbonyl (C=O) groups excluding carboxylic acids is 4. The van der Waals surface area contributed by atoms with Crippen molar-refractivity contribution in [3.8, 4) is 0 Å². The summed E-state index contributed by atoms with van der Waals surface area (Å²) >= 11 is 0. The molecule has 282 valence electrons. The number of aliphatic hydroxyl groups excluding tert-OH is 1. The van der Waals surface area contributed by atoms with Crippen LogP contribution in [0.1, 0.15) is 112 Å². The molecule has 0 aliphatic rings. The molecule has 0 aromatic carbocycles. The average Bonchev–Trinajstić information content (AvgIpc) is 3.06. The number of carbonyl (C=O) groups is 4. The predicted octanol–water partition coefficient (Wildman–Crippen LogP) is 8.10. The van der Waals surface area contributed by atoms with E-state index in [-0.39, 0.29) is 22.3 Å². The van der Waals surface area contributed by atoms with E-state index in [0.717, 1.165) is 37.8 Å². The maximum Gasteiger partial charge on any atom is 0.338 e. The molecule has 0 bridgehead atoms. The summed E-state index contributed by atoms with van der Waals surface area (Å²) in [5, 5.41) is 9.91. The molecule has 1 N–H and O–H groups in total. The van der Waals surface area contributed by atoms with Crippen LogP contribution in [0, 0.1) is 0 Å². The molecule has 11 heteroatoms. The zero-order chi connectivity index (χ0) is 37.9. The zero-order valence-electron chi connectivity index (χ0n) is 32.2. The summed E-state index contributed by atoms with van der Waals surface area (Å²) in [6, 6.07) is 0. The highest BCUT2D eigenvalue weighted by atomic mass is 28.4. The van der Waals surface area contributed by atoms with E-state index in [9.17, 15) is 24.3 Å². The third kappa shape index (κ3) is 23.9. The van der Waals surface area contributed by atoms with Crippen LogP contribution in [-0.4, -0.2) is 77.9 Å². The molecule has 0 aromatic heterocycles. The second-order valence-electron chi connectivity index (χ2n) is 13.3. The van der Waals surface area contributed by atoms with E-state index in [1.807, 2.05) is 6.08 Å². The topological polar surface area (TPSA) is 135 Å². The van der Waals surface area contributed by atoms with E-state index in [2.05, 4.69) is 61.9 Å². The number of hydrogen-bond donors (Lipinski definition) is 1. The number of rotatable bonds is 22. The number of hydrogen-bond acceptors (Lipinski definition) is 10. The lowest BCUT2D eigenvalue weighted by molar-refractivity contribution is -0.138. The minimum atomic E-state index is -1.97. The fourth-order valence-electron chi connectivity index (χ4n) is 4.14. The van der Waals surface area contributed by atoms with Gasteiger partial charge in [0.05, 0.1) is 51.8 Å². The first-order valence-corrected chi connectivity index (χ1v) is 20.4. The first-order chi connectivity index (χ1) is 23.0. The number of methoxy groups -OCH3 is 4. The average molecular weight is 711 g/mol. The Morgan fingerprint density at radius 1 is 0.633 bits per heavy atom. The molecule has 10 nitrogen and oxygen atoms in total. The van der Waals surface area contributed by atoms with Crippen molar-refractivity contribution in [2.75, 3.05) is 28.4 Å². The van der Waals surface area contributed by atoms with E-state index >= 15 is 0 Å². The van der Waals surface area contributed by atoms with Crippen molar-refractivity contribution in [1.29, 1.82) is 0 Å². The zero-order valence-corrected chi connectivity index (χ0v) is 33.2. The van der Waals surface area contributed by atoms with Gasteiger partial charge in [-0.2, -0.15) is 0 Å². The van der Waals surface area contributed by atoms with Gasteiger partial charge in [-0.3, -0.25) is 0 Å². The van der Waals surface area contributed by atoms with Crippen molar-refractivity contribution < 1.29 is 47.7 Å². The van der Waals surface area contributed by atoms with Crippen molar-refractivity contribution in [2.45, 2.75) is 142 Å². The summed E-state index contributed by atoms with van der Waals surface area (Å²) in [5.41, 5.74) is 0.207. The molecule has 0 aliphatic carbocycles. The van der Waals surface area contributed by atoms with Crippen molar-refractivity contribution in [3.63, 3.8) is 0 Å². The Hall–Kier alpha value is -3.02. The third-order valence-corrected chi connectivity index (χ3v) is 12.7. The Kier molecular flexibility index (Phi) is 27.2. The smallest absolute Gasteiger partial charge is 0.338 e. The van der Waals surface area contributed by atoms with E-state index in [1.54, 1.807) is 6.08 Å². The van der Waals surface area contributed by atoms with Crippen LogP contribution in [0.2, 0.25) is 18.1 Å². The first-order valence-electron chi connectivity index (χ1n) is 17.5. The van der Waals surface area contributed by atoms with Crippen LogP contribution >= 0.6 is 0 Å². The fraction of sp³-hybridized carbons (Fsp3) is 0.684. The molecular weight excluding hydrogens is 644 g/mol. The van der Waals surface area contributed by atoms with Gasteiger partial charge in [-0.25, -0.2) is 19.2 Å². The molecule has 0 aromatic rings. The van der Waals surface area contributed by atoms with Crippen LogP contribution in [-0.2, 0) is 42.6 Å². The summed E-state index contributed by atoms with van der Waals surface area (Å²) in [6.07, 6.45) is 20.8. The van der Waals surface area contributed by atoms with Crippen LogP contribution in [0.5, 0.6) is 0 Å². The number of aliphatic hydroxyl groups is 1. The van der Waals surface area contributed by atoms with Gasteiger partial charge in [0.1, 0.15) is 0 Å². The lowest BCUT2D eigenvalue weighted by Crippen LogP contribution is -2.43. The summed E-state index contributed by atoms with van der Waals surface area (Å²) in [4.78, 5) is 46.2. The van der Waals surface area contributed by atoms with Crippen LogP contribution in [0.4, 0.5) is 0 Å². The molecule has 0 spiro atoms. The molecule has 49 heavy (non-hydrogen) atoms. The molecule has 0 rings (SSSR count). The van der Waals surface area contributed by atoms with Gasteiger partial charge in [-0.05, 0) is 43.1 Å². The monoisotopic (exact) mass is 710 g/mol. The van der Waals surface area contributed by atoms with Crippen molar-refractivity contribution in [3.05, 3.63) is 47.6 Å².